The predicted molar refractivity (Wildman–Crippen MR) is 65.7 cm³/mol. The number of ketones is 1. The summed E-state index contributed by atoms with van der Waals surface area (Å²) in [6, 6.07) is 7.53. The first-order chi connectivity index (χ1) is 8.84. The highest BCUT2D eigenvalue weighted by Gasteiger charge is 2.27. The van der Waals surface area contributed by atoms with Gasteiger partial charge in [0.05, 0.1) is 18.4 Å². The Morgan fingerprint density at radius 1 is 1.33 bits per heavy atom. The highest BCUT2D eigenvalue weighted by atomic mass is 16.5. The van der Waals surface area contributed by atoms with Gasteiger partial charge in [0.25, 0.3) is 0 Å². The number of carbonyl (C=O) groups is 1. The van der Waals surface area contributed by atoms with Crippen molar-refractivity contribution in [3.8, 4) is 5.75 Å². The van der Waals surface area contributed by atoms with Crippen molar-refractivity contribution in [3.63, 3.8) is 0 Å². The van der Waals surface area contributed by atoms with Crippen LogP contribution in [0.2, 0.25) is 0 Å². The van der Waals surface area contributed by atoms with E-state index in [9.17, 15) is 4.79 Å². The van der Waals surface area contributed by atoms with Crippen LogP contribution in [0, 0.1) is 0 Å². The summed E-state index contributed by atoms with van der Waals surface area (Å²) in [6.45, 7) is 0.437. The molecule has 1 aliphatic heterocycles. The van der Waals surface area contributed by atoms with Gasteiger partial charge in [0, 0.05) is 12.4 Å². The van der Waals surface area contributed by atoms with Crippen LogP contribution in [0.5, 0.6) is 5.75 Å². The van der Waals surface area contributed by atoms with Crippen molar-refractivity contribution < 1.29 is 9.53 Å². The van der Waals surface area contributed by atoms with E-state index in [-0.39, 0.29) is 5.78 Å². The van der Waals surface area contributed by atoms with Crippen LogP contribution < -0.4 is 10.1 Å². The molecular formula is C13H11N3O2. The maximum atomic E-state index is 12.1. The molecule has 1 N–H and O–H groups in total. The topological polar surface area (TPSA) is 64.1 Å². The second-order valence-electron chi connectivity index (χ2n) is 3.94. The van der Waals surface area contributed by atoms with Crippen LogP contribution in [-0.2, 0) is 0 Å². The maximum absolute atomic E-state index is 12.1. The number of carbonyl (C=O) groups excluding carboxylic acids is 1. The van der Waals surface area contributed by atoms with Crippen molar-refractivity contribution in [1.29, 1.82) is 0 Å². The first kappa shape index (κ1) is 10.7. The number of nitrogens with one attached hydrogen (secondary N) is 1. The average Bonchev–Trinajstić information content (AvgIpc) is 2.47. The van der Waals surface area contributed by atoms with E-state index < -0.39 is 6.10 Å². The highest BCUT2D eigenvalue weighted by Crippen LogP contribution is 2.28. The molecule has 0 saturated carbocycles. The highest BCUT2D eigenvalue weighted by molar-refractivity contribution is 5.98. The molecule has 1 aromatic carbocycles. The molecule has 1 aliphatic rings. The molecule has 5 nitrogen and oxygen atoms in total. The predicted octanol–water partition coefficient (Wildman–Crippen LogP) is 1.53. The van der Waals surface area contributed by atoms with Crippen molar-refractivity contribution in [2.75, 3.05) is 11.9 Å². The lowest BCUT2D eigenvalue weighted by Gasteiger charge is -2.25. The minimum absolute atomic E-state index is 0.162. The van der Waals surface area contributed by atoms with Gasteiger partial charge in [0.1, 0.15) is 11.4 Å². The smallest absolute Gasteiger partial charge is 0.224 e. The van der Waals surface area contributed by atoms with E-state index >= 15 is 0 Å². The number of hydrogen-bond acceptors (Lipinski definition) is 5. The van der Waals surface area contributed by atoms with Gasteiger partial charge in [-0.05, 0) is 12.1 Å². The third-order valence-corrected chi connectivity index (χ3v) is 2.74. The van der Waals surface area contributed by atoms with Gasteiger partial charge in [-0.3, -0.25) is 9.78 Å². The molecule has 0 saturated heterocycles. The van der Waals surface area contributed by atoms with Crippen LogP contribution in [0.3, 0.4) is 0 Å². The van der Waals surface area contributed by atoms with Crippen molar-refractivity contribution in [1.82, 2.24) is 9.97 Å². The van der Waals surface area contributed by atoms with Gasteiger partial charge in [0.2, 0.25) is 5.78 Å². The molecule has 0 amide bonds. The van der Waals surface area contributed by atoms with Crippen LogP contribution in [0.4, 0.5) is 5.69 Å². The summed E-state index contributed by atoms with van der Waals surface area (Å²) in [7, 11) is 0. The second kappa shape index (κ2) is 4.44. The first-order valence-electron chi connectivity index (χ1n) is 5.64. The number of ether oxygens (including phenoxy) is 1. The molecule has 1 aromatic heterocycles. The number of benzene rings is 1. The van der Waals surface area contributed by atoms with Crippen LogP contribution in [-0.4, -0.2) is 28.4 Å². The van der Waals surface area contributed by atoms with Gasteiger partial charge in [-0.2, -0.15) is 0 Å². The van der Waals surface area contributed by atoms with Gasteiger partial charge >= 0.3 is 0 Å². The van der Waals surface area contributed by atoms with E-state index in [2.05, 4.69) is 15.3 Å². The van der Waals surface area contributed by atoms with Crippen molar-refractivity contribution in [2.24, 2.45) is 0 Å². The molecule has 2 aromatic rings. The lowest BCUT2D eigenvalue weighted by atomic mass is 10.1. The monoisotopic (exact) mass is 241 g/mol. The fourth-order valence-corrected chi connectivity index (χ4v) is 1.85. The lowest BCUT2D eigenvalue weighted by molar-refractivity contribution is 0.0796. The number of anilines is 1. The molecule has 90 valence electrons. The van der Waals surface area contributed by atoms with E-state index in [1.165, 1.54) is 18.6 Å². The average molecular weight is 241 g/mol. The Labute approximate surface area is 104 Å². The van der Waals surface area contributed by atoms with Crippen LogP contribution >= 0.6 is 0 Å². The maximum Gasteiger partial charge on any atom is 0.224 e. The number of fused-ring (bicyclic) bond motifs is 1. The molecule has 0 aliphatic carbocycles. The Balaban J connectivity index is 1.82. The van der Waals surface area contributed by atoms with Crippen molar-refractivity contribution in [3.05, 3.63) is 48.5 Å². The fraction of sp³-hybridized carbons (Fsp3) is 0.154. The Morgan fingerprint density at radius 3 is 3.06 bits per heavy atom. The number of rotatable bonds is 2. The Morgan fingerprint density at radius 2 is 2.22 bits per heavy atom. The van der Waals surface area contributed by atoms with E-state index in [0.29, 0.717) is 18.0 Å². The zero-order valence-electron chi connectivity index (χ0n) is 9.54. The van der Waals surface area contributed by atoms with Gasteiger partial charge in [-0.25, -0.2) is 4.98 Å². The van der Waals surface area contributed by atoms with Gasteiger partial charge in [-0.1, -0.05) is 12.1 Å². The summed E-state index contributed by atoms with van der Waals surface area (Å²) in [5.41, 5.74) is 1.23. The van der Waals surface area contributed by atoms with Crippen LogP contribution in [0.25, 0.3) is 0 Å². The molecule has 18 heavy (non-hydrogen) atoms. The van der Waals surface area contributed by atoms with E-state index in [1.807, 2.05) is 24.3 Å². The normalized spacial score (nSPS) is 17.2. The Bertz CT molecular complexity index is 571. The minimum atomic E-state index is -0.559. The second-order valence-corrected chi connectivity index (χ2v) is 3.94. The summed E-state index contributed by atoms with van der Waals surface area (Å²) in [5, 5.41) is 3.17. The van der Waals surface area contributed by atoms with Gasteiger partial charge in [-0.15, -0.1) is 0 Å². The molecule has 1 atom stereocenters. The number of aromatic nitrogens is 2. The number of Topliss-reactive ketones (excluding diaryl/α,β-unsaturated/α-hetero) is 1. The minimum Gasteiger partial charge on any atom is -0.478 e. The molecule has 0 fully saturated rings. The zero-order chi connectivity index (χ0) is 12.4. The third-order valence-electron chi connectivity index (χ3n) is 2.74. The standard InChI is InChI=1S/C13H11N3O2/c17-13(10-7-14-5-6-15-10)12-8-16-9-3-1-2-4-11(9)18-12/h1-7,12,16H,8H2. The van der Waals surface area contributed by atoms with Crippen LogP contribution in [0.15, 0.2) is 42.9 Å². The molecule has 5 heteroatoms. The van der Waals surface area contributed by atoms with E-state index in [4.69, 9.17) is 4.74 Å². The molecule has 0 spiro atoms. The number of nitrogens with zero attached hydrogens (tertiary/aromatic N) is 2. The third kappa shape index (κ3) is 1.90. The largest absolute Gasteiger partial charge is 0.478 e. The van der Waals surface area contributed by atoms with Gasteiger partial charge < -0.3 is 10.1 Å². The summed E-state index contributed by atoms with van der Waals surface area (Å²) in [6.07, 6.45) is 3.92. The Hall–Kier alpha value is -2.43. The SMILES string of the molecule is O=C(c1cnccn1)C1CNc2ccccc2O1. The lowest BCUT2D eigenvalue weighted by Crippen LogP contribution is -2.38. The molecule has 0 radical (unpaired) electrons. The summed E-state index contributed by atoms with van der Waals surface area (Å²) in [4.78, 5) is 20.0. The van der Waals surface area contributed by atoms with E-state index in [0.717, 1.165) is 5.69 Å². The summed E-state index contributed by atoms with van der Waals surface area (Å²) in [5.74, 6) is 0.524. The van der Waals surface area contributed by atoms with E-state index in [1.54, 1.807) is 0 Å². The molecule has 0 bridgehead atoms. The molecule has 2 heterocycles. The van der Waals surface area contributed by atoms with Crippen molar-refractivity contribution in [2.45, 2.75) is 6.10 Å². The zero-order valence-corrected chi connectivity index (χ0v) is 9.54. The number of para-hydroxylation sites is 2. The quantitative estimate of drug-likeness (QED) is 0.808. The molecular weight excluding hydrogens is 230 g/mol. The van der Waals surface area contributed by atoms with Gasteiger partial charge in [0.15, 0.2) is 6.10 Å². The first-order valence-corrected chi connectivity index (χ1v) is 5.64. The molecule has 3 rings (SSSR count). The Kier molecular flexibility index (Phi) is 2.64. The summed E-state index contributed by atoms with van der Waals surface area (Å²) >= 11 is 0. The number of hydrogen-bond donors (Lipinski definition) is 1. The summed E-state index contributed by atoms with van der Waals surface area (Å²) < 4.78 is 5.67. The van der Waals surface area contributed by atoms with Crippen molar-refractivity contribution >= 4 is 11.5 Å². The fourth-order valence-electron chi connectivity index (χ4n) is 1.85. The van der Waals surface area contributed by atoms with Crippen LogP contribution in [0.1, 0.15) is 10.5 Å². The molecule has 1 unspecified atom stereocenters.